The Morgan fingerprint density at radius 1 is 0.406 bits per heavy atom. The predicted octanol–water partition coefficient (Wildman–Crippen LogP) is 6.57. The molecule has 1 fully saturated rings. The maximum absolute atomic E-state index is 13.8. The first-order chi connectivity index (χ1) is 15.8. The summed E-state index contributed by atoms with van der Waals surface area (Å²) in [5.41, 5.74) is 3.53. The number of hydrogen-bond donors (Lipinski definition) is 0. The van der Waals surface area contributed by atoms with Gasteiger partial charge in [-0.1, -0.05) is 121 Å². The summed E-state index contributed by atoms with van der Waals surface area (Å²) < 4.78 is 0. The second-order valence-electron chi connectivity index (χ2n) is 8.39. The van der Waals surface area contributed by atoms with Gasteiger partial charge < -0.3 is 0 Å². The lowest BCUT2D eigenvalue weighted by Crippen LogP contribution is -2.51. The molecule has 0 aromatic heterocycles. The van der Waals surface area contributed by atoms with E-state index in [0.29, 0.717) is 11.1 Å². The molecule has 4 aromatic carbocycles. The summed E-state index contributed by atoms with van der Waals surface area (Å²) in [6, 6.07) is 39.1. The molecule has 4 aromatic rings. The Morgan fingerprint density at radius 2 is 0.688 bits per heavy atom. The number of carbonyl (C=O) groups is 2. The van der Waals surface area contributed by atoms with E-state index in [4.69, 9.17) is 0 Å². The maximum Gasteiger partial charge on any atom is 0.167 e. The summed E-state index contributed by atoms with van der Waals surface area (Å²) in [4.78, 5) is 27.6. The third-order valence-electron chi connectivity index (χ3n) is 6.64. The monoisotopic (exact) mass is 416 g/mol. The first kappa shape index (κ1) is 20.1. The standard InChI is InChI=1S/C30H24O2/c31-29(23-17-9-3-10-18-23)27-25(21-13-5-1-6-14-21)26(22-15-7-2-8-16-22)28(27)30(32)24-19-11-4-12-20-24/h1-20,25-28H/t25-,26+,27-,28-/m0/s1. The zero-order chi connectivity index (χ0) is 21.9. The zero-order valence-electron chi connectivity index (χ0n) is 17.7. The molecule has 1 saturated carbocycles. The van der Waals surface area contributed by atoms with E-state index in [-0.39, 0.29) is 23.4 Å². The van der Waals surface area contributed by atoms with Crippen LogP contribution < -0.4 is 0 Å². The van der Waals surface area contributed by atoms with Gasteiger partial charge in [0, 0.05) is 34.8 Å². The summed E-state index contributed by atoms with van der Waals surface area (Å²) in [7, 11) is 0. The molecule has 32 heavy (non-hydrogen) atoms. The van der Waals surface area contributed by atoms with Crippen LogP contribution >= 0.6 is 0 Å². The van der Waals surface area contributed by atoms with Gasteiger partial charge in [-0.15, -0.1) is 0 Å². The molecule has 2 heteroatoms. The van der Waals surface area contributed by atoms with Gasteiger partial charge in [0.25, 0.3) is 0 Å². The van der Waals surface area contributed by atoms with E-state index in [9.17, 15) is 9.59 Å². The van der Waals surface area contributed by atoms with Crippen molar-refractivity contribution in [3.8, 4) is 0 Å². The third kappa shape index (κ3) is 3.58. The molecule has 0 spiro atoms. The highest BCUT2D eigenvalue weighted by atomic mass is 16.1. The highest BCUT2D eigenvalue weighted by Gasteiger charge is 2.57. The topological polar surface area (TPSA) is 34.1 Å². The van der Waals surface area contributed by atoms with Crippen molar-refractivity contribution in [1.29, 1.82) is 0 Å². The van der Waals surface area contributed by atoms with Crippen LogP contribution in [0, 0.1) is 11.8 Å². The number of Topliss-reactive ketones (excluding diaryl/α,β-unsaturated/α-hetero) is 2. The summed E-state index contributed by atoms with van der Waals surface area (Å²) in [6.45, 7) is 0. The second kappa shape index (κ2) is 8.76. The van der Waals surface area contributed by atoms with Crippen molar-refractivity contribution in [2.24, 2.45) is 11.8 Å². The van der Waals surface area contributed by atoms with E-state index in [1.807, 2.05) is 97.1 Å². The number of rotatable bonds is 6. The molecule has 1 aliphatic carbocycles. The minimum atomic E-state index is -0.405. The summed E-state index contributed by atoms with van der Waals surface area (Å²) in [5, 5.41) is 0. The Bertz CT molecular complexity index is 1100. The molecule has 0 aliphatic heterocycles. The van der Waals surface area contributed by atoms with Crippen LogP contribution in [-0.2, 0) is 0 Å². The van der Waals surface area contributed by atoms with Crippen molar-refractivity contribution in [2.45, 2.75) is 11.8 Å². The van der Waals surface area contributed by atoms with E-state index >= 15 is 0 Å². The van der Waals surface area contributed by atoms with Gasteiger partial charge in [-0.3, -0.25) is 9.59 Å². The van der Waals surface area contributed by atoms with Gasteiger partial charge in [-0.25, -0.2) is 0 Å². The van der Waals surface area contributed by atoms with Crippen molar-refractivity contribution in [1.82, 2.24) is 0 Å². The first-order valence-electron chi connectivity index (χ1n) is 11.0. The molecule has 0 unspecified atom stereocenters. The average Bonchev–Trinajstić information content (AvgIpc) is 2.86. The van der Waals surface area contributed by atoms with Crippen molar-refractivity contribution >= 4 is 11.6 Å². The fourth-order valence-corrected chi connectivity index (χ4v) is 5.17. The molecule has 1 aliphatic rings. The predicted molar refractivity (Wildman–Crippen MR) is 127 cm³/mol. The zero-order valence-corrected chi connectivity index (χ0v) is 17.7. The number of hydrogen-bond acceptors (Lipinski definition) is 2. The van der Waals surface area contributed by atoms with Crippen LogP contribution in [0.2, 0.25) is 0 Å². The van der Waals surface area contributed by atoms with Crippen LogP contribution in [-0.4, -0.2) is 11.6 Å². The van der Waals surface area contributed by atoms with Gasteiger partial charge in [0.15, 0.2) is 11.6 Å². The van der Waals surface area contributed by atoms with Crippen molar-refractivity contribution in [3.05, 3.63) is 144 Å². The molecule has 0 radical (unpaired) electrons. The Kier molecular flexibility index (Phi) is 5.51. The first-order valence-corrected chi connectivity index (χ1v) is 11.0. The SMILES string of the molecule is O=C(c1ccccc1)[C@@H]1[C@@H](C(=O)c2ccccc2)[C@H](c2ccccc2)[C@@H]1c1ccccc1. The molecule has 0 heterocycles. The van der Waals surface area contributed by atoms with Crippen molar-refractivity contribution in [2.75, 3.05) is 0 Å². The maximum atomic E-state index is 13.8. The van der Waals surface area contributed by atoms with Gasteiger partial charge in [0.1, 0.15) is 0 Å². The van der Waals surface area contributed by atoms with Gasteiger partial charge in [-0.05, 0) is 11.1 Å². The highest BCUT2D eigenvalue weighted by Crippen LogP contribution is 2.59. The summed E-state index contributed by atoms with van der Waals surface area (Å²) in [6.07, 6.45) is 0. The molecule has 5 rings (SSSR count). The molecule has 0 bridgehead atoms. The lowest BCUT2D eigenvalue weighted by Gasteiger charge is -2.51. The smallest absolute Gasteiger partial charge is 0.167 e. The van der Waals surface area contributed by atoms with Crippen LogP contribution in [0.5, 0.6) is 0 Å². The Balaban J connectivity index is 1.64. The minimum Gasteiger partial charge on any atom is -0.294 e. The quantitative estimate of drug-likeness (QED) is 0.333. The van der Waals surface area contributed by atoms with Crippen LogP contribution in [0.1, 0.15) is 43.7 Å². The molecule has 0 saturated heterocycles. The van der Waals surface area contributed by atoms with Crippen molar-refractivity contribution in [3.63, 3.8) is 0 Å². The van der Waals surface area contributed by atoms with E-state index in [1.165, 1.54) is 0 Å². The second-order valence-corrected chi connectivity index (χ2v) is 8.39. The molecule has 2 nitrogen and oxygen atoms in total. The lowest BCUT2D eigenvalue weighted by atomic mass is 9.49. The molecule has 4 atom stereocenters. The number of benzene rings is 4. The summed E-state index contributed by atoms with van der Waals surface area (Å²) >= 11 is 0. The summed E-state index contributed by atoms with van der Waals surface area (Å²) in [5.74, 6) is -0.829. The van der Waals surface area contributed by atoms with Crippen molar-refractivity contribution < 1.29 is 9.59 Å². The molecule has 156 valence electrons. The fourth-order valence-electron chi connectivity index (χ4n) is 5.17. The van der Waals surface area contributed by atoms with Gasteiger partial charge >= 0.3 is 0 Å². The molecule has 0 N–H and O–H groups in total. The van der Waals surface area contributed by atoms with E-state index in [0.717, 1.165) is 11.1 Å². The normalized spacial score (nSPS) is 22.0. The van der Waals surface area contributed by atoms with Crippen LogP contribution in [0.25, 0.3) is 0 Å². The van der Waals surface area contributed by atoms with Gasteiger partial charge in [0.2, 0.25) is 0 Å². The Morgan fingerprint density at radius 3 is 1.00 bits per heavy atom. The minimum absolute atomic E-state index is 0.0425. The van der Waals surface area contributed by atoms with Gasteiger partial charge in [-0.2, -0.15) is 0 Å². The number of carbonyl (C=O) groups excluding carboxylic acids is 2. The fraction of sp³-hybridized carbons (Fsp3) is 0.133. The molecular weight excluding hydrogens is 392 g/mol. The average molecular weight is 417 g/mol. The molecular formula is C30H24O2. The Labute approximate surface area is 188 Å². The Hall–Kier alpha value is -3.78. The third-order valence-corrected chi connectivity index (χ3v) is 6.64. The van der Waals surface area contributed by atoms with Crippen LogP contribution in [0.4, 0.5) is 0 Å². The van der Waals surface area contributed by atoms with E-state index in [2.05, 4.69) is 24.3 Å². The van der Waals surface area contributed by atoms with E-state index < -0.39 is 11.8 Å². The van der Waals surface area contributed by atoms with Crippen LogP contribution in [0.15, 0.2) is 121 Å². The number of ketones is 2. The van der Waals surface area contributed by atoms with E-state index in [1.54, 1.807) is 0 Å². The largest absolute Gasteiger partial charge is 0.294 e. The van der Waals surface area contributed by atoms with Gasteiger partial charge in [0.05, 0.1) is 0 Å². The van der Waals surface area contributed by atoms with Crippen LogP contribution in [0.3, 0.4) is 0 Å². The molecule has 0 amide bonds. The highest BCUT2D eigenvalue weighted by molar-refractivity contribution is 6.07. The lowest BCUT2D eigenvalue weighted by molar-refractivity contribution is 0.0456.